The molecular weight excluding hydrogens is 405 g/mol. The smallest absolute Gasteiger partial charge is 0.222 e. The number of hydrogen-bond donors (Lipinski definition) is 0. The maximum atomic E-state index is 12.6. The molecule has 8 heteroatoms. The monoisotopic (exact) mass is 419 g/mol. The summed E-state index contributed by atoms with van der Waals surface area (Å²) >= 11 is 11.7. The average molecular weight is 420 g/mol. The van der Waals surface area contributed by atoms with Gasteiger partial charge >= 0.3 is 0 Å². The molecule has 0 unspecified atom stereocenters. The molecule has 0 radical (unpaired) electrons. The van der Waals surface area contributed by atoms with E-state index < -0.39 is 9.84 Å². The van der Waals surface area contributed by atoms with Gasteiger partial charge in [-0.2, -0.15) is 0 Å². The maximum Gasteiger partial charge on any atom is 0.222 e. The lowest BCUT2D eigenvalue weighted by molar-refractivity contribution is 0.594. The van der Waals surface area contributed by atoms with Gasteiger partial charge < -0.3 is 0 Å². The van der Waals surface area contributed by atoms with Crippen LogP contribution in [-0.4, -0.2) is 23.4 Å². The van der Waals surface area contributed by atoms with Crippen LogP contribution < -0.4 is 0 Å². The highest BCUT2D eigenvalue weighted by Crippen LogP contribution is 2.24. The van der Waals surface area contributed by atoms with E-state index in [0.29, 0.717) is 11.4 Å². The topological polar surface area (TPSA) is 72.8 Å². The highest BCUT2D eigenvalue weighted by molar-refractivity contribution is 7.90. The molecule has 0 aliphatic carbocycles. The van der Waals surface area contributed by atoms with Gasteiger partial charge in [0.25, 0.3) is 0 Å². The summed E-state index contributed by atoms with van der Waals surface area (Å²) in [6.45, 7) is 1.82. The molecule has 2 aromatic heterocycles. The van der Waals surface area contributed by atoms with Gasteiger partial charge in [0.05, 0.1) is 21.4 Å². The molecule has 0 N–H and O–H groups in total. The first-order valence-electron chi connectivity index (χ1n) is 7.94. The Morgan fingerprint density at radius 2 is 1.70 bits per heavy atom. The number of rotatable bonds is 5. The van der Waals surface area contributed by atoms with Crippen molar-refractivity contribution in [3.63, 3.8) is 0 Å². The lowest BCUT2D eigenvalue weighted by atomic mass is 10.1. The first-order chi connectivity index (χ1) is 12.8. The van der Waals surface area contributed by atoms with Crippen molar-refractivity contribution < 1.29 is 8.42 Å². The van der Waals surface area contributed by atoms with Gasteiger partial charge in [0.2, 0.25) is 5.28 Å². The van der Waals surface area contributed by atoms with E-state index in [1.165, 1.54) is 6.07 Å². The average Bonchev–Trinajstić information content (AvgIpc) is 2.62. The maximum absolute atomic E-state index is 12.6. The predicted octanol–water partition coefficient (Wildman–Crippen LogP) is 4.63. The number of benzene rings is 1. The van der Waals surface area contributed by atoms with E-state index in [2.05, 4.69) is 15.0 Å². The van der Waals surface area contributed by atoms with E-state index in [4.69, 9.17) is 23.2 Å². The second-order valence-electron chi connectivity index (χ2n) is 5.79. The first-order valence-corrected chi connectivity index (χ1v) is 10.4. The van der Waals surface area contributed by atoms with Gasteiger partial charge in [0, 0.05) is 23.7 Å². The lowest BCUT2D eigenvalue weighted by Crippen LogP contribution is -2.07. The van der Waals surface area contributed by atoms with Crippen molar-refractivity contribution >= 4 is 45.2 Å². The summed E-state index contributed by atoms with van der Waals surface area (Å²) in [7, 11) is -3.57. The Morgan fingerprint density at radius 3 is 2.37 bits per heavy atom. The minimum atomic E-state index is -3.57. The van der Waals surface area contributed by atoms with Crippen molar-refractivity contribution in [1.82, 2.24) is 15.0 Å². The van der Waals surface area contributed by atoms with Crippen LogP contribution in [0.3, 0.4) is 0 Å². The Bertz CT molecular complexity index is 1100. The second-order valence-corrected chi connectivity index (χ2v) is 8.49. The Morgan fingerprint density at radius 1 is 1.00 bits per heavy atom. The number of pyridine rings is 1. The van der Waals surface area contributed by atoms with Gasteiger partial charge in [0.15, 0.2) is 9.84 Å². The largest absolute Gasteiger partial charge is 0.256 e. The number of sulfone groups is 1. The lowest BCUT2D eigenvalue weighted by Gasteiger charge is -2.08. The normalized spacial score (nSPS) is 11.8. The summed E-state index contributed by atoms with van der Waals surface area (Å²) in [5.41, 5.74) is 2.83. The molecular formula is C19H15Cl2N3O2S. The molecule has 0 amide bonds. The number of halogens is 2. The third-order valence-electron chi connectivity index (χ3n) is 3.79. The third kappa shape index (κ3) is 4.91. The van der Waals surface area contributed by atoms with Gasteiger partial charge in [-0.25, -0.2) is 18.4 Å². The van der Waals surface area contributed by atoms with Crippen LogP contribution in [0.25, 0.3) is 12.2 Å². The molecule has 3 aromatic rings. The van der Waals surface area contributed by atoms with Gasteiger partial charge in [-0.1, -0.05) is 42.0 Å². The first kappa shape index (κ1) is 19.5. The predicted molar refractivity (Wildman–Crippen MR) is 107 cm³/mol. The summed E-state index contributed by atoms with van der Waals surface area (Å²) in [5.74, 6) is -0.216. The molecule has 138 valence electrons. The molecule has 0 aliphatic heterocycles. The van der Waals surface area contributed by atoms with Gasteiger partial charge in [-0.3, -0.25) is 4.98 Å². The molecule has 2 heterocycles. The Labute approximate surface area is 167 Å². The van der Waals surface area contributed by atoms with E-state index in [1.807, 2.05) is 25.1 Å². The van der Waals surface area contributed by atoms with E-state index >= 15 is 0 Å². The van der Waals surface area contributed by atoms with Crippen molar-refractivity contribution in [2.24, 2.45) is 0 Å². The summed E-state index contributed by atoms with van der Waals surface area (Å²) in [4.78, 5) is 12.4. The van der Waals surface area contributed by atoms with Crippen LogP contribution in [0.15, 0.2) is 53.7 Å². The molecule has 3 rings (SSSR count). The number of hydrogen-bond acceptors (Lipinski definition) is 5. The quantitative estimate of drug-likeness (QED) is 0.563. The minimum absolute atomic E-state index is 0.109. The molecule has 5 nitrogen and oxygen atoms in total. The fraction of sp³-hybridized carbons (Fsp3) is 0.105. The number of aryl methyl sites for hydroxylation is 1. The third-order valence-corrected chi connectivity index (χ3v) is 6.13. The van der Waals surface area contributed by atoms with Gasteiger partial charge in [-0.15, -0.1) is 0 Å². The molecule has 0 saturated heterocycles. The Kier molecular flexibility index (Phi) is 5.89. The molecule has 1 aromatic carbocycles. The van der Waals surface area contributed by atoms with Crippen molar-refractivity contribution in [3.8, 4) is 0 Å². The van der Waals surface area contributed by atoms with Crippen LogP contribution in [-0.2, 0) is 15.6 Å². The second kappa shape index (κ2) is 8.17. The van der Waals surface area contributed by atoms with Crippen molar-refractivity contribution in [2.75, 3.05) is 0 Å². The van der Waals surface area contributed by atoms with Gasteiger partial charge in [0.1, 0.15) is 0 Å². The van der Waals surface area contributed by atoms with Crippen LogP contribution in [0.2, 0.25) is 10.3 Å². The Balaban J connectivity index is 1.80. The summed E-state index contributed by atoms with van der Waals surface area (Å²) in [6.07, 6.45) is 6.92. The van der Waals surface area contributed by atoms with Crippen LogP contribution >= 0.6 is 23.2 Å². The van der Waals surface area contributed by atoms with Crippen LogP contribution in [0.1, 0.15) is 22.5 Å². The number of aromatic nitrogens is 3. The zero-order valence-corrected chi connectivity index (χ0v) is 16.6. The molecule has 0 saturated carbocycles. The van der Waals surface area contributed by atoms with Crippen LogP contribution in [0, 0.1) is 6.92 Å². The zero-order valence-electron chi connectivity index (χ0n) is 14.3. The van der Waals surface area contributed by atoms with E-state index in [-0.39, 0.29) is 21.0 Å². The summed E-state index contributed by atoms with van der Waals surface area (Å²) in [5, 5.41) is 0.396. The standard InChI is InChI=1S/C19H15Cl2N3O2S/c1-13-15(7-6-14-10-22-19(21)23-11-14)8-9-16(24-13)12-27(25,26)18-5-3-2-4-17(18)20/h2-11H,12H2,1H3/b7-6+. The highest BCUT2D eigenvalue weighted by atomic mass is 35.5. The Hall–Kier alpha value is -2.28. The SMILES string of the molecule is Cc1nc(CS(=O)(=O)c2ccccc2Cl)ccc1/C=C/c1cnc(Cl)nc1. The zero-order chi connectivity index (χ0) is 19.4. The molecule has 0 aliphatic rings. The fourth-order valence-corrected chi connectivity index (χ4v) is 4.39. The van der Waals surface area contributed by atoms with Crippen molar-refractivity contribution in [2.45, 2.75) is 17.6 Å². The molecule has 0 fully saturated rings. The molecule has 27 heavy (non-hydrogen) atoms. The molecule has 0 spiro atoms. The van der Waals surface area contributed by atoms with E-state index in [0.717, 1.165) is 11.1 Å². The van der Waals surface area contributed by atoms with Crippen LogP contribution in [0.5, 0.6) is 0 Å². The van der Waals surface area contributed by atoms with Crippen molar-refractivity contribution in [1.29, 1.82) is 0 Å². The minimum Gasteiger partial charge on any atom is -0.256 e. The summed E-state index contributed by atoms with van der Waals surface area (Å²) in [6, 6.07) is 9.91. The van der Waals surface area contributed by atoms with Crippen LogP contribution in [0.4, 0.5) is 0 Å². The fourth-order valence-electron chi connectivity index (χ4n) is 2.44. The summed E-state index contributed by atoms with van der Waals surface area (Å²) < 4.78 is 25.2. The van der Waals surface area contributed by atoms with Crippen molar-refractivity contribution in [3.05, 3.63) is 81.6 Å². The van der Waals surface area contributed by atoms with Gasteiger partial charge in [-0.05, 0) is 42.3 Å². The highest BCUT2D eigenvalue weighted by Gasteiger charge is 2.19. The molecule has 0 bridgehead atoms. The molecule has 0 atom stereocenters. The number of nitrogens with zero attached hydrogens (tertiary/aromatic N) is 3. The van der Waals surface area contributed by atoms with E-state index in [1.54, 1.807) is 36.7 Å². The van der Waals surface area contributed by atoms with E-state index in [9.17, 15) is 8.42 Å².